The molecule has 2 heterocycles. The Morgan fingerprint density at radius 3 is 2.45 bits per heavy atom. The molecule has 3 aromatic rings. The molecule has 0 atom stereocenters. The van der Waals surface area contributed by atoms with E-state index in [0.29, 0.717) is 59.6 Å². The van der Waals surface area contributed by atoms with Crippen molar-refractivity contribution in [3.05, 3.63) is 84.1 Å². The summed E-state index contributed by atoms with van der Waals surface area (Å²) < 4.78 is 16.8. The minimum atomic E-state index is -0.442. The van der Waals surface area contributed by atoms with Crippen LogP contribution in [0, 0.1) is 0 Å². The Labute approximate surface area is 191 Å². The van der Waals surface area contributed by atoms with E-state index in [4.69, 9.17) is 14.2 Å². The Balaban J connectivity index is 1.55. The number of hydrogen-bond donors (Lipinski definition) is 1. The number of ether oxygens (including phenoxy) is 3. The van der Waals surface area contributed by atoms with Crippen LogP contribution in [0.3, 0.4) is 0 Å². The molecule has 0 fully saturated rings. The third kappa shape index (κ3) is 3.89. The first kappa shape index (κ1) is 20.6. The fourth-order valence-electron chi connectivity index (χ4n) is 3.90. The van der Waals surface area contributed by atoms with E-state index in [0.717, 1.165) is 0 Å². The number of hydrogen-bond acceptors (Lipinski definition) is 6. The van der Waals surface area contributed by atoms with Crippen molar-refractivity contribution in [1.82, 2.24) is 0 Å². The predicted octanol–water partition coefficient (Wildman–Crippen LogP) is 4.25. The van der Waals surface area contributed by atoms with Crippen LogP contribution in [0.2, 0.25) is 0 Å². The molecule has 3 aromatic carbocycles. The van der Waals surface area contributed by atoms with Gasteiger partial charge in [-0.05, 0) is 36.8 Å². The zero-order chi connectivity index (χ0) is 22.8. The molecule has 0 aliphatic carbocycles. The average Bonchev–Trinajstić information content (AvgIpc) is 3.09. The predicted molar refractivity (Wildman–Crippen MR) is 125 cm³/mol. The molecule has 0 aromatic heterocycles. The summed E-state index contributed by atoms with van der Waals surface area (Å²) in [4.78, 5) is 28.3. The van der Waals surface area contributed by atoms with Crippen molar-refractivity contribution in [2.45, 2.75) is 6.92 Å². The Morgan fingerprint density at radius 1 is 0.879 bits per heavy atom. The molecule has 1 N–H and O–H groups in total. The number of fused-ring (bicyclic) bond motifs is 1. The monoisotopic (exact) mass is 442 g/mol. The molecule has 0 unspecified atom stereocenters. The number of imide groups is 1. The first-order valence-corrected chi connectivity index (χ1v) is 10.7. The lowest BCUT2D eigenvalue weighted by molar-refractivity contribution is -0.120. The zero-order valence-electron chi connectivity index (χ0n) is 18.0. The van der Waals surface area contributed by atoms with Crippen molar-refractivity contribution >= 4 is 28.8 Å². The Hall–Kier alpha value is -4.26. The van der Waals surface area contributed by atoms with E-state index >= 15 is 0 Å². The molecule has 0 saturated carbocycles. The van der Waals surface area contributed by atoms with E-state index in [1.807, 2.05) is 37.3 Å². The molecule has 166 valence electrons. The van der Waals surface area contributed by atoms with Gasteiger partial charge in [-0.25, -0.2) is 4.90 Å². The largest absolute Gasteiger partial charge is 0.494 e. The standard InChI is InChI=1S/C26H22N2O5/c1-2-31-20-10-6-9-19(16-20)28-25(29)23(17-7-4-3-5-8-17)24(26(28)30)27-18-11-12-21-22(15-18)33-14-13-32-21/h3-12,15-16,27H,2,13-14H2,1H3. The molecule has 5 rings (SSSR count). The number of carbonyl (C=O) groups is 2. The topological polar surface area (TPSA) is 77.1 Å². The molecule has 0 saturated heterocycles. The van der Waals surface area contributed by atoms with Crippen LogP contribution in [0.15, 0.2) is 78.5 Å². The van der Waals surface area contributed by atoms with E-state index in [1.54, 1.807) is 42.5 Å². The van der Waals surface area contributed by atoms with E-state index in [-0.39, 0.29) is 5.70 Å². The van der Waals surface area contributed by atoms with Gasteiger partial charge in [-0.15, -0.1) is 0 Å². The van der Waals surface area contributed by atoms with Gasteiger partial charge in [-0.1, -0.05) is 36.4 Å². The summed E-state index contributed by atoms with van der Waals surface area (Å²) in [5, 5.41) is 3.16. The molecular formula is C26H22N2O5. The van der Waals surface area contributed by atoms with Crippen LogP contribution in [-0.4, -0.2) is 31.6 Å². The van der Waals surface area contributed by atoms with Crippen LogP contribution in [0.1, 0.15) is 12.5 Å². The molecule has 2 aliphatic heterocycles. The first-order chi connectivity index (χ1) is 16.2. The maximum atomic E-state index is 13.6. The summed E-state index contributed by atoms with van der Waals surface area (Å²) in [5.74, 6) is 0.978. The lowest BCUT2D eigenvalue weighted by Gasteiger charge is -2.19. The van der Waals surface area contributed by atoms with E-state index in [2.05, 4.69) is 5.32 Å². The van der Waals surface area contributed by atoms with Crippen LogP contribution in [0.4, 0.5) is 11.4 Å². The summed E-state index contributed by atoms with van der Waals surface area (Å²) >= 11 is 0. The smallest absolute Gasteiger partial charge is 0.282 e. The second-order valence-electron chi connectivity index (χ2n) is 7.48. The lowest BCUT2D eigenvalue weighted by Crippen LogP contribution is -2.32. The van der Waals surface area contributed by atoms with Crippen LogP contribution in [-0.2, 0) is 9.59 Å². The van der Waals surface area contributed by atoms with Crippen molar-refractivity contribution in [1.29, 1.82) is 0 Å². The maximum Gasteiger partial charge on any atom is 0.282 e. The number of nitrogens with zero attached hydrogens (tertiary/aromatic N) is 1. The average molecular weight is 442 g/mol. The fraction of sp³-hybridized carbons (Fsp3) is 0.154. The Kier molecular flexibility index (Phi) is 5.44. The Bertz CT molecular complexity index is 1250. The molecule has 33 heavy (non-hydrogen) atoms. The molecule has 2 amide bonds. The number of rotatable bonds is 6. The molecule has 0 spiro atoms. The number of amides is 2. The van der Waals surface area contributed by atoms with Gasteiger partial charge < -0.3 is 19.5 Å². The number of anilines is 2. The van der Waals surface area contributed by atoms with Gasteiger partial charge in [0.1, 0.15) is 24.7 Å². The van der Waals surface area contributed by atoms with Gasteiger partial charge in [0.05, 0.1) is 17.9 Å². The number of nitrogens with one attached hydrogen (secondary N) is 1. The van der Waals surface area contributed by atoms with Gasteiger partial charge in [0.2, 0.25) is 0 Å². The summed E-state index contributed by atoms with van der Waals surface area (Å²) in [7, 11) is 0. The van der Waals surface area contributed by atoms with Crippen molar-refractivity contribution in [2.75, 3.05) is 30.0 Å². The highest BCUT2D eigenvalue weighted by atomic mass is 16.6. The molecule has 0 radical (unpaired) electrons. The third-order valence-corrected chi connectivity index (χ3v) is 5.34. The van der Waals surface area contributed by atoms with E-state index in [9.17, 15) is 9.59 Å². The fourth-order valence-corrected chi connectivity index (χ4v) is 3.90. The minimum Gasteiger partial charge on any atom is -0.494 e. The summed E-state index contributed by atoms with van der Waals surface area (Å²) in [6.45, 7) is 3.31. The quantitative estimate of drug-likeness (QED) is 0.575. The number of benzene rings is 3. The van der Waals surface area contributed by atoms with Crippen molar-refractivity contribution in [3.8, 4) is 17.2 Å². The molecule has 0 bridgehead atoms. The zero-order valence-corrected chi connectivity index (χ0v) is 18.0. The van der Waals surface area contributed by atoms with Gasteiger partial charge in [-0.2, -0.15) is 0 Å². The number of carbonyl (C=O) groups excluding carboxylic acids is 2. The SMILES string of the molecule is CCOc1cccc(N2C(=O)C(Nc3ccc4c(c3)OCCO4)=C(c3ccccc3)C2=O)c1. The van der Waals surface area contributed by atoms with Crippen LogP contribution in [0.5, 0.6) is 17.2 Å². The lowest BCUT2D eigenvalue weighted by atomic mass is 10.0. The highest BCUT2D eigenvalue weighted by Gasteiger charge is 2.40. The van der Waals surface area contributed by atoms with Gasteiger partial charge >= 0.3 is 0 Å². The second kappa shape index (κ2) is 8.70. The van der Waals surface area contributed by atoms with Crippen LogP contribution < -0.4 is 24.4 Å². The molecule has 7 nitrogen and oxygen atoms in total. The summed E-state index contributed by atoms with van der Waals surface area (Å²) in [6.07, 6.45) is 0. The normalized spacial score (nSPS) is 15.1. The van der Waals surface area contributed by atoms with Gasteiger partial charge in [0, 0.05) is 17.8 Å². The highest BCUT2D eigenvalue weighted by Crippen LogP contribution is 2.37. The summed E-state index contributed by atoms with van der Waals surface area (Å²) in [5.41, 5.74) is 2.22. The van der Waals surface area contributed by atoms with E-state index < -0.39 is 11.8 Å². The molecule has 7 heteroatoms. The van der Waals surface area contributed by atoms with Crippen LogP contribution in [0.25, 0.3) is 5.57 Å². The van der Waals surface area contributed by atoms with Gasteiger partial charge in [0.15, 0.2) is 11.5 Å². The molecule has 2 aliphatic rings. The van der Waals surface area contributed by atoms with Gasteiger partial charge in [0.25, 0.3) is 11.8 Å². The highest BCUT2D eigenvalue weighted by molar-refractivity contribution is 6.46. The van der Waals surface area contributed by atoms with Crippen molar-refractivity contribution in [3.63, 3.8) is 0 Å². The van der Waals surface area contributed by atoms with E-state index in [1.165, 1.54) is 4.90 Å². The van der Waals surface area contributed by atoms with Crippen molar-refractivity contribution in [2.24, 2.45) is 0 Å². The second-order valence-corrected chi connectivity index (χ2v) is 7.48. The minimum absolute atomic E-state index is 0.199. The maximum absolute atomic E-state index is 13.6. The third-order valence-electron chi connectivity index (χ3n) is 5.34. The Morgan fingerprint density at radius 2 is 1.67 bits per heavy atom. The first-order valence-electron chi connectivity index (χ1n) is 10.7. The summed E-state index contributed by atoms with van der Waals surface area (Å²) in [6, 6.07) is 21.4. The van der Waals surface area contributed by atoms with Crippen molar-refractivity contribution < 1.29 is 23.8 Å². The van der Waals surface area contributed by atoms with Gasteiger partial charge in [-0.3, -0.25) is 9.59 Å². The van der Waals surface area contributed by atoms with Crippen LogP contribution >= 0.6 is 0 Å². The molecular weight excluding hydrogens is 420 g/mol.